The highest BCUT2D eigenvalue weighted by molar-refractivity contribution is 7.99. The minimum absolute atomic E-state index is 0.110. The topological polar surface area (TPSA) is 4.93 Å². The lowest BCUT2D eigenvalue weighted by Gasteiger charge is -2.29. The van der Waals surface area contributed by atoms with E-state index in [1.807, 2.05) is 25.6 Å². The molecule has 1 aromatic heterocycles. The maximum absolute atomic E-state index is 2.42. The third-order valence-corrected chi connectivity index (χ3v) is 11.8. The van der Waals surface area contributed by atoms with Crippen LogP contribution in [0.15, 0.2) is 131 Å². The Labute approximate surface area is 358 Å². The molecule has 0 N–H and O–H groups in total. The lowest BCUT2D eigenvalue weighted by atomic mass is 9.76. The van der Waals surface area contributed by atoms with Crippen molar-refractivity contribution in [1.29, 1.82) is 0 Å². The zero-order chi connectivity index (χ0) is 43.4. The van der Waals surface area contributed by atoms with Gasteiger partial charge in [0.2, 0.25) is 0 Å². The SMILES string of the molecule is C/C=C\C(C)=C(\c1cc(C(C)(C)C)ccc1C)C(C)(C)C.CC.Cc1ccc(Sc2ccc(-n3c4ccc(C(C)(C)C)cc4c4cc(C(C)(C)C)ccc43)cc2)cc1. The molecule has 1 nitrogen and oxygen atoms in total. The summed E-state index contributed by atoms with van der Waals surface area (Å²) in [4.78, 5) is 2.52. The van der Waals surface area contributed by atoms with Crippen LogP contribution < -0.4 is 0 Å². The van der Waals surface area contributed by atoms with Crippen molar-refractivity contribution in [3.05, 3.63) is 154 Å². The van der Waals surface area contributed by atoms with E-state index >= 15 is 0 Å². The molecule has 6 aromatic rings. The van der Waals surface area contributed by atoms with Gasteiger partial charge >= 0.3 is 0 Å². The third kappa shape index (κ3) is 11.1. The summed E-state index contributed by atoms with van der Waals surface area (Å²) in [5.74, 6) is 0. The summed E-state index contributed by atoms with van der Waals surface area (Å²) in [6.45, 7) is 40.1. The fraction of sp³-hybridized carbons (Fsp3) is 0.393. The van der Waals surface area contributed by atoms with Crippen LogP contribution in [0.5, 0.6) is 0 Å². The zero-order valence-corrected chi connectivity index (χ0v) is 40.1. The molecule has 0 saturated carbocycles. The Bertz CT molecular complexity index is 2300. The van der Waals surface area contributed by atoms with Gasteiger partial charge in [0.05, 0.1) is 11.0 Å². The molecule has 0 radical (unpaired) electrons. The lowest BCUT2D eigenvalue weighted by molar-refractivity contribution is 0.562. The van der Waals surface area contributed by atoms with Gasteiger partial charge in [-0.2, -0.15) is 0 Å². The zero-order valence-electron chi connectivity index (χ0n) is 39.3. The van der Waals surface area contributed by atoms with Gasteiger partial charge in [0, 0.05) is 26.3 Å². The molecule has 0 spiro atoms. The summed E-state index contributed by atoms with van der Waals surface area (Å²) in [5.41, 5.74) is 15.2. The minimum atomic E-state index is 0.110. The largest absolute Gasteiger partial charge is 0.309 e. The van der Waals surface area contributed by atoms with Crippen LogP contribution in [0.25, 0.3) is 33.1 Å². The van der Waals surface area contributed by atoms with Gasteiger partial charge in [0.25, 0.3) is 0 Å². The number of nitrogens with zero attached hydrogens (tertiary/aromatic N) is 1. The first kappa shape index (κ1) is 46.4. The summed E-state index contributed by atoms with van der Waals surface area (Å²) < 4.78 is 2.42. The fourth-order valence-corrected chi connectivity index (χ4v) is 8.36. The van der Waals surface area contributed by atoms with Gasteiger partial charge in [-0.1, -0.05) is 169 Å². The van der Waals surface area contributed by atoms with Crippen LogP contribution in [0.1, 0.15) is 144 Å². The molecule has 0 fully saturated rings. The summed E-state index contributed by atoms with van der Waals surface area (Å²) in [6, 6.07) is 38.7. The van der Waals surface area contributed by atoms with Crippen molar-refractivity contribution in [2.45, 2.75) is 151 Å². The van der Waals surface area contributed by atoms with Crippen molar-refractivity contribution < 1.29 is 0 Å². The molecule has 6 rings (SSSR count). The number of fused-ring (bicyclic) bond motifs is 3. The second-order valence-corrected chi connectivity index (χ2v) is 20.9. The van der Waals surface area contributed by atoms with Crippen LogP contribution in [0, 0.1) is 19.3 Å². The predicted octanol–water partition coefficient (Wildman–Crippen LogP) is 17.6. The summed E-state index contributed by atoms with van der Waals surface area (Å²) in [7, 11) is 0. The molecule has 0 atom stereocenters. The Balaban J connectivity index is 0.000000278. The number of rotatable bonds is 5. The Morgan fingerprint density at radius 3 is 1.36 bits per heavy atom. The molecule has 5 aromatic carbocycles. The molecule has 0 amide bonds. The van der Waals surface area contributed by atoms with E-state index in [-0.39, 0.29) is 21.7 Å². The number of hydrogen-bond donors (Lipinski definition) is 0. The number of allylic oxidation sites excluding steroid dienone is 4. The number of benzene rings is 5. The third-order valence-electron chi connectivity index (χ3n) is 10.8. The van der Waals surface area contributed by atoms with Gasteiger partial charge in [0.1, 0.15) is 0 Å². The van der Waals surface area contributed by atoms with Crippen LogP contribution in [0.4, 0.5) is 0 Å². The fourth-order valence-electron chi connectivity index (χ4n) is 7.54. The van der Waals surface area contributed by atoms with Crippen molar-refractivity contribution in [3.63, 3.8) is 0 Å². The van der Waals surface area contributed by atoms with Gasteiger partial charge in [0.15, 0.2) is 0 Å². The van der Waals surface area contributed by atoms with Crippen LogP contribution in [0.3, 0.4) is 0 Å². The summed E-state index contributed by atoms with van der Waals surface area (Å²) >= 11 is 1.81. The van der Waals surface area contributed by atoms with Gasteiger partial charge in [-0.3, -0.25) is 0 Å². The molecule has 0 aliphatic rings. The van der Waals surface area contributed by atoms with Crippen molar-refractivity contribution in [1.82, 2.24) is 4.57 Å². The summed E-state index contributed by atoms with van der Waals surface area (Å²) in [6.07, 6.45) is 4.35. The Hall–Kier alpha value is -4.27. The monoisotopic (exact) mass is 792 g/mol. The van der Waals surface area contributed by atoms with Crippen LogP contribution in [-0.2, 0) is 16.2 Å². The Morgan fingerprint density at radius 1 is 0.534 bits per heavy atom. The van der Waals surface area contributed by atoms with Crippen LogP contribution in [0.2, 0.25) is 0 Å². The quantitative estimate of drug-likeness (QED) is 0.157. The molecular weight excluding hydrogens is 719 g/mol. The maximum Gasteiger partial charge on any atom is 0.0541 e. The number of aryl methyl sites for hydroxylation is 2. The highest BCUT2D eigenvalue weighted by atomic mass is 32.2. The minimum Gasteiger partial charge on any atom is -0.309 e. The van der Waals surface area contributed by atoms with Crippen molar-refractivity contribution >= 4 is 39.1 Å². The molecule has 1 heterocycles. The van der Waals surface area contributed by atoms with E-state index in [1.165, 1.54) is 81.8 Å². The second kappa shape index (κ2) is 18.3. The number of hydrogen-bond acceptors (Lipinski definition) is 1. The van der Waals surface area contributed by atoms with Crippen molar-refractivity contribution in [2.24, 2.45) is 5.41 Å². The molecule has 0 unspecified atom stereocenters. The highest BCUT2D eigenvalue weighted by Gasteiger charge is 2.24. The molecule has 0 saturated heterocycles. The van der Waals surface area contributed by atoms with Gasteiger partial charge in [-0.15, -0.1) is 0 Å². The Kier molecular flexibility index (Phi) is 14.7. The first-order valence-corrected chi connectivity index (χ1v) is 22.2. The average Bonchev–Trinajstić information content (AvgIpc) is 3.46. The predicted molar refractivity (Wildman–Crippen MR) is 262 cm³/mol. The average molecular weight is 792 g/mol. The highest BCUT2D eigenvalue weighted by Crippen LogP contribution is 2.41. The normalized spacial score (nSPS) is 12.9. The standard InChI is InChI=1S/C33H35NS.C21H32.C2H6/c1-22-8-14-26(15-9-22)35-27-16-12-25(13-17-27)34-30-18-10-23(32(2,3)4)20-28(30)29-21-24(33(5,6)7)11-19-31(29)34;1-10-11-16(3)19(21(7,8)9)18-14-17(20(4,5)6)13-12-15(18)2;1-2/h8-21H,1-7H3;10-14H,1-9H3;1-2H3/b;11-10-,19-16-;. The van der Waals surface area contributed by atoms with Gasteiger partial charge in [-0.25, -0.2) is 0 Å². The molecule has 308 valence electrons. The number of aromatic nitrogens is 1. The smallest absolute Gasteiger partial charge is 0.0541 e. The second-order valence-electron chi connectivity index (χ2n) is 19.8. The molecule has 0 aliphatic carbocycles. The van der Waals surface area contributed by atoms with E-state index in [0.717, 1.165) is 0 Å². The van der Waals surface area contributed by atoms with E-state index in [0.29, 0.717) is 0 Å². The van der Waals surface area contributed by atoms with Crippen LogP contribution >= 0.6 is 11.8 Å². The maximum atomic E-state index is 2.42. The van der Waals surface area contributed by atoms with Crippen LogP contribution in [-0.4, -0.2) is 4.57 Å². The molecule has 2 heteroatoms. The molecular formula is C56H73NS. The first-order valence-electron chi connectivity index (χ1n) is 21.4. The molecule has 58 heavy (non-hydrogen) atoms. The van der Waals surface area contributed by atoms with E-state index in [9.17, 15) is 0 Å². The Morgan fingerprint density at radius 2 is 0.948 bits per heavy atom. The van der Waals surface area contributed by atoms with Gasteiger partial charge < -0.3 is 4.57 Å². The lowest BCUT2D eigenvalue weighted by Crippen LogP contribution is -2.15. The van der Waals surface area contributed by atoms with Gasteiger partial charge in [-0.05, 0) is 149 Å². The summed E-state index contributed by atoms with van der Waals surface area (Å²) in [5, 5.41) is 2.66. The van der Waals surface area contributed by atoms with E-state index in [4.69, 9.17) is 0 Å². The molecule has 0 bridgehead atoms. The first-order chi connectivity index (χ1) is 27.0. The van der Waals surface area contributed by atoms with Crippen molar-refractivity contribution in [2.75, 3.05) is 0 Å². The van der Waals surface area contributed by atoms with E-state index < -0.39 is 0 Å². The van der Waals surface area contributed by atoms with E-state index in [1.54, 1.807) is 0 Å². The molecule has 0 aliphatic heterocycles. The van der Waals surface area contributed by atoms with Crippen molar-refractivity contribution in [3.8, 4) is 5.69 Å². The van der Waals surface area contributed by atoms with E-state index in [2.05, 4.69) is 231 Å².